The van der Waals surface area contributed by atoms with Crippen LogP contribution in [0.25, 0.3) is 11.6 Å². The fourth-order valence-electron chi connectivity index (χ4n) is 1.90. The van der Waals surface area contributed by atoms with Crippen LogP contribution in [0.4, 0.5) is 0 Å². The zero-order chi connectivity index (χ0) is 15.7. The van der Waals surface area contributed by atoms with E-state index in [1.54, 1.807) is 36.9 Å². The molecule has 0 amide bonds. The number of carbonyl (C=O) groups is 1. The fraction of sp³-hybridized carbons (Fsp3) is 0.214. The second-order valence-electron chi connectivity index (χ2n) is 4.64. The monoisotopic (exact) mass is 321 g/mol. The van der Waals surface area contributed by atoms with E-state index in [0.29, 0.717) is 22.3 Å². The Morgan fingerprint density at radius 3 is 2.95 bits per heavy atom. The summed E-state index contributed by atoms with van der Waals surface area (Å²) in [4.78, 5) is 16.2. The molecule has 0 bridgehead atoms. The van der Waals surface area contributed by atoms with Gasteiger partial charge < -0.3 is 18.2 Å². The number of carbonyl (C=O) groups excluding carboxylic acids is 1. The third kappa shape index (κ3) is 2.75. The van der Waals surface area contributed by atoms with Gasteiger partial charge in [-0.05, 0) is 25.1 Å². The van der Waals surface area contributed by atoms with Crippen molar-refractivity contribution in [3.63, 3.8) is 0 Å². The van der Waals surface area contributed by atoms with Crippen molar-refractivity contribution in [2.24, 2.45) is 7.05 Å². The van der Waals surface area contributed by atoms with E-state index in [1.807, 2.05) is 0 Å². The second-order valence-corrected chi connectivity index (χ2v) is 5.07. The summed E-state index contributed by atoms with van der Waals surface area (Å²) in [6.45, 7) is 1.64. The van der Waals surface area contributed by atoms with Crippen molar-refractivity contribution in [1.82, 2.24) is 14.7 Å². The maximum absolute atomic E-state index is 12.1. The zero-order valence-corrected chi connectivity index (χ0v) is 12.6. The Morgan fingerprint density at radius 1 is 1.50 bits per heavy atom. The predicted molar refractivity (Wildman–Crippen MR) is 76.3 cm³/mol. The average Bonchev–Trinajstić information content (AvgIpc) is 3.17. The average molecular weight is 322 g/mol. The number of halogens is 1. The summed E-state index contributed by atoms with van der Waals surface area (Å²) in [6, 6.07) is 4.95. The van der Waals surface area contributed by atoms with Crippen LogP contribution in [-0.4, -0.2) is 20.7 Å². The number of furan rings is 1. The predicted octanol–water partition coefficient (Wildman–Crippen LogP) is 3.24. The van der Waals surface area contributed by atoms with E-state index in [2.05, 4.69) is 10.1 Å². The van der Waals surface area contributed by atoms with Crippen LogP contribution in [0.5, 0.6) is 0 Å². The van der Waals surface area contributed by atoms with Crippen LogP contribution in [0.3, 0.4) is 0 Å². The molecule has 7 nitrogen and oxygen atoms in total. The van der Waals surface area contributed by atoms with E-state index < -0.39 is 12.1 Å². The van der Waals surface area contributed by atoms with E-state index in [-0.39, 0.29) is 5.89 Å². The highest BCUT2D eigenvalue weighted by Gasteiger charge is 2.22. The van der Waals surface area contributed by atoms with Crippen molar-refractivity contribution in [2.75, 3.05) is 0 Å². The zero-order valence-electron chi connectivity index (χ0n) is 11.8. The topological polar surface area (TPSA) is 83.3 Å². The van der Waals surface area contributed by atoms with Gasteiger partial charge in [0.25, 0.3) is 5.89 Å². The molecule has 0 saturated heterocycles. The molecule has 3 aromatic heterocycles. The number of aryl methyl sites for hydroxylation is 1. The van der Waals surface area contributed by atoms with Crippen LogP contribution < -0.4 is 0 Å². The molecule has 0 unspecified atom stereocenters. The fourth-order valence-corrected chi connectivity index (χ4v) is 2.15. The van der Waals surface area contributed by atoms with E-state index >= 15 is 0 Å². The molecular formula is C14H12ClN3O4. The summed E-state index contributed by atoms with van der Waals surface area (Å²) >= 11 is 5.84. The molecule has 0 radical (unpaired) electrons. The van der Waals surface area contributed by atoms with Crippen LogP contribution in [0.2, 0.25) is 5.02 Å². The first kappa shape index (κ1) is 14.4. The highest BCUT2D eigenvalue weighted by molar-refractivity contribution is 6.30. The molecule has 0 spiro atoms. The molecular weight excluding hydrogens is 310 g/mol. The number of nitrogens with zero attached hydrogens (tertiary/aromatic N) is 3. The third-order valence-electron chi connectivity index (χ3n) is 3.00. The Balaban J connectivity index is 1.73. The molecule has 114 valence electrons. The van der Waals surface area contributed by atoms with Gasteiger partial charge in [-0.25, -0.2) is 4.79 Å². The molecule has 22 heavy (non-hydrogen) atoms. The molecule has 0 aromatic carbocycles. The van der Waals surface area contributed by atoms with Gasteiger partial charge in [0.05, 0.1) is 11.3 Å². The SMILES string of the molecule is C[C@H](OC(=O)c1cc(Cl)cn1C)c1nc(-c2ccco2)no1. The maximum atomic E-state index is 12.1. The Labute approximate surface area is 130 Å². The maximum Gasteiger partial charge on any atom is 0.355 e. The first-order valence-corrected chi connectivity index (χ1v) is 6.82. The minimum absolute atomic E-state index is 0.181. The molecule has 0 fully saturated rings. The third-order valence-corrected chi connectivity index (χ3v) is 3.20. The standard InChI is InChI=1S/C14H12ClN3O4/c1-8(21-14(19)10-6-9(15)7-18(10)2)13-16-12(17-22-13)11-4-3-5-20-11/h3-8H,1-2H3/t8-/m0/s1. The molecule has 0 saturated carbocycles. The molecule has 0 N–H and O–H groups in total. The molecule has 8 heteroatoms. The van der Waals surface area contributed by atoms with Gasteiger partial charge in [0.15, 0.2) is 11.9 Å². The van der Waals surface area contributed by atoms with Crippen molar-refractivity contribution >= 4 is 17.6 Å². The Kier molecular flexibility index (Phi) is 3.72. The van der Waals surface area contributed by atoms with Crippen molar-refractivity contribution < 1.29 is 18.5 Å². The lowest BCUT2D eigenvalue weighted by Gasteiger charge is -2.09. The summed E-state index contributed by atoms with van der Waals surface area (Å²) in [5, 5.41) is 4.24. The van der Waals surface area contributed by atoms with E-state index in [4.69, 9.17) is 25.3 Å². The molecule has 0 aliphatic carbocycles. The number of aromatic nitrogens is 3. The molecule has 0 aliphatic rings. The summed E-state index contributed by atoms with van der Waals surface area (Å²) in [7, 11) is 1.70. The van der Waals surface area contributed by atoms with Gasteiger partial charge in [0, 0.05) is 13.2 Å². The number of hydrogen-bond donors (Lipinski definition) is 0. The van der Waals surface area contributed by atoms with Crippen LogP contribution in [0.1, 0.15) is 29.4 Å². The highest BCUT2D eigenvalue weighted by Crippen LogP contribution is 2.22. The van der Waals surface area contributed by atoms with Gasteiger partial charge in [-0.3, -0.25) is 0 Å². The first-order chi connectivity index (χ1) is 10.5. The van der Waals surface area contributed by atoms with Crippen LogP contribution in [-0.2, 0) is 11.8 Å². The molecule has 3 heterocycles. The first-order valence-electron chi connectivity index (χ1n) is 6.45. The van der Waals surface area contributed by atoms with Gasteiger partial charge in [-0.15, -0.1) is 0 Å². The van der Waals surface area contributed by atoms with Gasteiger partial charge >= 0.3 is 5.97 Å². The van der Waals surface area contributed by atoms with E-state index in [9.17, 15) is 4.79 Å². The number of hydrogen-bond acceptors (Lipinski definition) is 6. The van der Waals surface area contributed by atoms with Crippen molar-refractivity contribution in [3.05, 3.63) is 47.3 Å². The lowest BCUT2D eigenvalue weighted by Crippen LogP contribution is -2.12. The van der Waals surface area contributed by atoms with Crippen LogP contribution in [0.15, 0.2) is 39.6 Å². The smallest absolute Gasteiger partial charge is 0.355 e. The summed E-state index contributed by atoms with van der Waals surface area (Å²) in [5.74, 6) is 0.423. The minimum Gasteiger partial charge on any atom is -0.461 e. The van der Waals surface area contributed by atoms with Gasteiger partial charge in [0.2, 0.25) is 5.82 Å². The molecule has 0 aliphatic heterocycles. The Morgan fingerprint density at radius 2 is 2.32 bits per heavy atom. The van der Waals surface area contributed by atoms with Crippen molar-refractivity contribution in [1.29, 1.82) is 0 Å². The molecule has 3 aromatic rings. The second kappa shape index (κ2) is 5.69. The summed E-state index contributed by atoms with van der Waals surface area (Å²) < 4.78 is 17.1. The molecule has 3 rings (SSSR count). The van der Waals surface area contributed by atoms with Crippen molar-refractivity contribution in [3.8, 4) is 11.6 Å². The van der Waals surface area contributed by atoms with Gasteiger partial charge in [-0.2, -0.15) is 4.98 Å². The quantitative estimate of drug-likeness (QED) is 0.686. The van der Waals surface area contributed by atoms with Crippen LogP contribution in [0, 0.1) is 0 Å². The Bertz CT molecular complexity index is 791. The summed E-state index contributed by atoms with van der Waals surface area (Å²) in [5.41, 5.74) is 0.336. The van der Waals surface area contributed by atoms with Crippen LogP contribution >= 0.6 is 11.6 Å². The number of esters is 1. The summed E-state index contributed by atoms with van der Waals surface area (Å²) in [6.07, 6.45) is 2.43. The van der Waals surface area contributed by atoms with E-state index in [1.165, 1.54) is 12.3 Å². The largest absolute Gasteiger partial charge is 0.461 e. The molecule has 1 atom stereocenters. The Hall–Kier alpha value is -2.54. The normalized spacial score (nSPS) is 12.3. The minimum atomic E-state index is -0.697. The van der Waals surface area contributed by atoms with Gasteiger partial charge in [0.1, 0.15) is 5.69 Å². The number of ether oxygens (including phenoxy) is 1. The lowest BCUT2D eigenvalue weighted by molar-refractivity contribution is 0.0254. The number of rotatable bonds is 4. The van der Waals surface area contributed by atoms with E-state index in [0.717, 1.165) is 0 Å². The van der Waals surface area contributed by atoms with Gasteiger partial charge in [-0.1, -0.05) is 16.8 Å². The van der Waals surface area contributed by atoms with Crippen molar-refractivity contribution in [2.45, 2.75) is 13.0 Å². The highest BCUT2D eigenvalue weighted by atomic mass is 35.5. The lowest BCUT2D eigenvalue weighted by atomic mass is 10.3.